The number of nitrogens with zero attached hydrogens (tertiary/aromatic N) is 2. The van der Waals surface area contributed by atoms with Crippen molar-refractivity contribution in [3.8, 4) is 12.3 Å². The lowest BCUT2D eigenvalue weighted by molar-refractivity contribution is 0.0240. The Hall–Kier alpha value is -2.30. The third-order valence-electron chi connectivity index (χ3n) is 3.91. The topological polar surface area (TPSA) is 32.8 Å². The molecule has 0 saturated carbocycles. The molecule has 26 heavy (non-hydrogen) atoms. The van der Waals surface area contributed by atoms with E-state index in [4.69, 9.17) is 11.2 Å². The van der Waals surface area contributed by atoms with Gasteiger partial charge in [-0.05, 0) is 39.0 Å². The van der Waals surface area contributed by atoms with Gasteiger partial charge in [-0.15, -0.1) is 6.42 Å². The molecule has 0 atom stereocenters. The molecule has 1 saturated heterocycles. The van der Waals surface area contributed by atoms with Gasteiger partial charge in [0.15, 0.2) is 0 Å². The van der Waals surface area contributed by atoms with Crippen molar-refractivity contribution in [3.05, 3.63) is 29.3 Å². The molecule has 1 amide bonds. The van der Waals surface area contributed by atoms with Crippen molar-refractivity contribution in [1.82, 2.24) is 4.90 Å². The van der Waals surface area contributed by atoms with Gasteiger partial charge in [0.05, 0.1) is 0 Å². The highest BCUT2D eigenvalue weighted by Crippen LogP contribution is 2.24. The fraction of sp³-hybridized carbons (Fsp3) is 0.500. The van der Waals surface area contributed by atoms with E-state index in [1.807, 2.05) is 4.90 Å². The molecular weight excluding hydrogens is 344 g/mol. The molecule has 0 N–H and O–H groups in total. The summed E-state index contributed by atoms with van der Waals surface area (Å²) in [7, 11) is 0. The maximum absolute atomic E-state index is 12.8. The van der Waals surface area contributed by atoms with Gasteiger partial charge in [-0.3, -0.25) is 0 Å². The number of halogens is 3. The fourth-order valence-electron chi connectivity index (χ4n) is 2.80. The Kier molecular flexibility index (Phi) is 5.79. The summed E-state index contributed by atoms with van der Waals surface area (Å²) in [5.74, 6) is 2.41. The molecule has 142 valence electrons. The molecule has 0 aliphatic carbocycles. The molecule has 0 radical (unpaired) electrons. The zero-order valence-corrected chi connectivity index (χ0v) is 15.3. The largest absolute Gasteiger partial charge is 0.482 e. The first kappa shape index (κ1) is 20.0. The van der Waals surface area contributed by atoms with Crippen LogP contribution in [0.3, 0.4) is 0 Å². The molecule has 2 rings (SSSR count). The second-order valence-corrected chi connectivity index (χ2v) is 7.40. The van der Waals surface area contributed by atoms with Crippen LogP contribution in [0.15, 0.2) is 18.2 Å². The van der Waals surface area contributed by atoms with Crippen molar-refractivity contribution >= 4 is 18.8 Å². The van der Waals surface area contributed by atoms with Crippen molar-refractivity contribution in [2.24, 2.45) is 0 Å². The molecule has 4 nitrogen and oxygen atoms in total. The zero-order chi connectivity index (χ0) is 19.5. The molecule has 1 aliphatic rings. The molecule has 1 aliphatic heterocycles. The normalized spacial score (nSPS) is 15.6. The monoisotopic (exact) mass is 367 g/mol. The van der Waals surface area contributed by atoms with Crippen LogP contribution in [-0.4, -0.2) is 49.8 Å². The van der Waals surface area contributed by atoms with Gasteiger partial charge < -0.3 is 27.5 Å². The first-order chi connectivity index (χ1) is 12.0. The summed E-state index contributed by atoms with van der Waals surface area (Å²) in [6.07, 6.45) is 4.05. The predicted octanol–water partition coefficient (Wildman–Crippen LogP) is 3.65. The maximum Gasteiger partial charge on any atom is 0.482 e. The number of rotatable bonds is 3. The Morgan fingerprint density at radius 3 is 2.31 bits per heavy atom. The summed E-state index contributed by atoms with van der Waals surface area (Å²) < 4.78 is 43.6. The lowest BCUT2D eigenvalue weighted by atomic mass is 9.81. The minimum Gasteiger partial charge on any atom is -0.449 e. The second-order valence-electron chi connectivity index (χ2n) is 7.40. The van der Waals surface area contributed by atoms with E-state index in [9.17, 15) is 17.7 Å². The number of terminal acetylenes is 1. The van der Waals surface area contributed by atoms with Crippen LogP contribution in [0.25, 0.3) is 0 Å². The number of hydrogen-bond donors (Lipinski definition) is 0. The van der Waals surface area contributed by atoms with Crippen molar-refractivity contribution in [2.75, 3.05) is 31.1 Å². The number of carbonyl (C=O) groups is 1. The molecule has 1 aromatic carbocycles. The van der Waals surface area contributed by atoms with Crippen LogP contribution in [0, 0.1) is 12.3 Å². The second kappa shape index (κ2) is 7.52. The van der Waals surface area contributed by atoms with Gasteiger partial charge in [-0.2, -0.15) is 0 Å². The van der Waals surface area contributed by atoms with E-state index in [1.54, 1.807) is 31.7 Å². The number of carbonyl (C=O) groups excluding carboxylic acids is 1. The van der Waals surface area contributed by atoms with Gasteiger partial charge >= 0.3 is 13.1 Å². The van der Waals surface area contributed by atoms with E-state index in [-0.39, 0.29) is 11.7 Å². The molecule has 0 spiro atoms. The maximum atomic E-state index is 12.8. The fourth-order valence-corrected chi connectivity index (χ4v) is 2.80. The van der Waals surface area contributed by atoms with E-state index >= 15 is 0 Å². The number of amides is 1. The summed E-state index contributed by atoms with van der Waals surface area (Å²) in [5, 5.41) is 0. The Morgan fingerprint density at radius 1 is 1.19 bits per heavy atom. The van der Waals surface area contributed by atoms with Crippen LogP contribution < -0.4 is 4.90 Å². The minimum atomic E-state index is -4.93. The summed E-state index contributed by atoms with van der Waals surface area (Å²) in [6.45, 7) is 2.36. The van der Waals surface area contributed by atoms with Crippen molar-refractivity contribution in [3.63, 3.8) is 0 Å². The van der Waals surface area contributed by atoms with Crippen LogP contribution in [0.1, 0.15) is 31.9 Å². The number of anilines is 1. The van der Waals surface area contributed by atoms with Gasteiger partial charge in [-0.1, -0.05) is 17.8 Å². The third kappa shape index (κ3) is 5.90. The highest BCUT2D eigenvalue weighted by molar-refractivity contribution is 6.57. The molecule has 1 fully saturated rings. The molecule has 0 aromatic heterocycles. The van der Waals surface area contributed by atoms with Crippen LogP contribution in [0.4, 0.5) is 23.4 Å². The van der Waals surface area contributed by atoms with Crippen LogP contribution in [-0.2, 0) is 11.1 Å². The van der Waals surface area contributed by atoms with Gasteiger partial charge in [0.2, 0.25) is 0 Å². The van der Waals surface area contributed by atoms with Gasteiger partial charge in [0.25, 0.3) is 0 Å². The third-order valence-corrected chi connectivity index (χ3v) is 3.91. The van der Waals surface area contributed by atoms with Gasteiger partial charge in [0, 0.05) is 37.4 Å². The molecule has 0 unspecified atom stereocenters. The highest BCUT2D eigenvalue weighted by atomic mass is 19.4. The number of piperazine rings is 1. The van der Waals surface area contributed by atoms with Crippen LogP contribution in [0.2, 0.25) is 0 Å². The quantitative estimate of drug-likeness (QED) is 0.604. The Labute approximate surface area is 152 Å². The van der Waals surface area contributed by atoms with Crippen molar-refractivity contribution in [1.29, 1.82) is 0 Å². The highest BCUT2D eigenvalue weighted by Gasteiger charge is 2.27. The first-order valence-corrected chi connectivity index (χ1v) is 8.51. The molecule has 8 heteroatoms. The van der Waals surface area contributed by atoms with Crippen molar-refractivity contribution in [2.45, 2.75) is 32.7 Å². The Balaban J connectivity index is 2.08. The van der Waals surface area contributed by atoms with E-state index in [0.29, 0.717) is 37.4 Å². The smallest absolute Gasteiger partial charge is 0.449 e. The Bertz CT molecular complexity index is 700. The van der Waals surface area contributed by atoms with Crippen LogP contribution >= 0.6 is 0 Å². The summed E-state index contributed by atoms with van der Waals surface area (Å²) in [5.41, 5.74) is 0.674. The molecule has 1 aromatic rings. The SMILES string of the molecule is C#Cc1cc(C[B-](F)(F)F)cc(N2CCN(C(=O)OC(C)(C)C)CC2)c1. The zero-order valence-electron chi connectivity index (χ0n) is 15.3. The number of hydrogen-bond acceptors (Lipinski definition) is 3. The standard InChI is InChI=1S/C18H23BF3N2O2/c1-5-14-10-15(13-19(20,21)22)12-16(11-14)23-6-8-24(9-7-23)17(25)26-18(2,3)4/h1,10-12H,6-9,13H2,2-4H3/q-1. The summed E-state index contributed by atoms with van der Waals surface area (Å²) >= 11 is 0. The summed E-state index contributed by atoms with van der Waals surface area (Å²) in [6, 6.07) is 4.63. The van der Waals surface area contributed by atoms with Crippen molar-refractivity contribution < 1.29 is 22.5 Å². The molecular formula is C18H23BF3N2O2-. The summed E-state index contributed by atoms with van der Waals surface area (Å²) in [4.78, 5) is 15.6. The van der Waals surface area contributed by atoms with E-state index < -0.39 is 18.9 Å². The van der Waals surface area contributed by atoms with E-state index in [2.05, 4.69) is 5.92 Å². The number of ether oxygens (including phenoxy) is 1. The average molecular weight is 367 g/mol. The lowest BCUT2D eigenvalue weighted by Gasteiger charge is -2.37. The average Bonchev–Trinajstić information content (AvgIpc) is 2.51. The number of benzene rings is 1. The molecule has 1 heterocycles. The lowest BCUT2D eigenvalue weighted by Crippen LogP contribution is -2.50. The Morgan fingerprint density at radius 2 is 1.81 bits per heavy atom. The van der Waals surface area contributed by atoms with Crippen LogP contribution in [0.5, 0.6) is 0 Å². The van der Waals surface area contributed by atoms with Gasteiger partial charge in [0.1, 0.15) is 5.60 Å². The predicted molar refractivity (Wildman–Crippen MR) is 97.2 cm³/mol. The molecule has 0 bridgehead atoms. The minimum absolute atomic E-state index is 0.164. The van der Waals surface area contributed by atoms with E-state index in [1.165, 1.54) is 12.1 Å². The van der Waals surface area contributed by atoms with E-state index in [0.717, 1.165) is 0 Å². The first-order valence-electron chi connectivity index (χ1n) is 8.51. The van der Waals surface area contributed by atoms with Gasteiger partial charge in [-0.25, -0.2) is 4.79 Å².